The van der Waals surface area contributed by atoms with Crippen molar-refractivity contribution in [3.05, 3.63) is 47.1 Å². The molecule has 0 saturated carbocycles. The average Bonchev–Trinajstić information content (AvgIpc) is 3.29. The minimum Gasteiger partial charge on any atom is -0.360 e. The van der Waals surface area contributed by atoms with E-state index >= 15 is 0 Å². The number of H-pyrrole nitrogens is 1. The molecule has 6 nitrogen and oxygen atoms in total. The summed E-state index contributed by atoms with van der Waals surface area (Å²) in [6.45, 7) is 7.52. The fraction of sp³-hybridized carbons (Fsp3) is 0.450. The van der Waals surface area contributed by atoms with Gasteiger partial charge >= 0.3 is 0 Å². The van der Waals surface area contributed by atoms with Crippen LogP contribution in [0.25, 0.3) is 11.0 Å². The van der Waals surface area contributed by atoms with Crippen molar-refractivity contribution in [2.45, 2.75) is 45.4 Å². The predicted octanol–water partition coefficient (Wildman–Crippen LogP) is 4.00. The van der Waals surface area contributed by atoms with Crippen LogP contribution in [0, 0.1) is 6.92 Å². The van der Waals surface area contributed by atoms with Gasteiger partial charge in [0.15, 0.2) is 5.69 Å². The minimum absolute atomic E-state index is 0.0577. The molecule has 1 aromatic carbocycles. The first-order valence-corrected chi connectivity index (χ1v) is 9.24. The number of fused-ring (bicyclic) bond motifs is 1. The molecule has 6 heteroatoms. The van der Waals surface area contributed by atoms with Gasteiger partial charge in [0.1, 0.15) is 11.6 Å². The van der Waals surface area contributed by atoms with E-state index in [1.54, 1.807) is 6.07 Å². The Balaban J connectivity index is 1.54. The lowest BCUT2D eigenvalue weighted by Crippen LogP contribution is -2.39. The predicted molar refractivity (Wildman–Crippen MR) is 99.3 cm³/mol. The fourth-order valence-electron chi connectivity index (χ4n) is 3.60. The summed E-state index contributed by atoms with van der Waals surface area (Å²) >= 11 is 0. The highest BCUT2D eigenvalue weighted by molar-refractivity contribution is 5.92. The third kappa shape index (κ3) is 3.00. The summed E-state index contributed by atoms with van der Waals surface area (Å²) in [5.74, 6) is 2.09. The first kappa shape index (κ1) is 16.8. The van der Waals surface area contributed by atoms with Crippen LogP contribution in [0.4, 0.5) is 0 Å². The van der Waals surface area contributed by atoms with Gasteiger partial charge in [-0.05, 0) is 31.4 Å². The molecule has 136 valence electrons. The second kappa shape index (κ2) is 6.59. The van der Waals surface area contributed by atoms with Crippen molar-refractivity contribution in [2.75, 3.05) is 13.1 Å². The van der Waals surface area contributed by atoms with E-state index in [-0.39, 0.29) is 17.7 Å². The summed E-state index contributed by atoms with van der Waals surface area (Å²) in [6, 6.07) is 7.92. The Kier molecular flexibility index (Phi) is 4.26. The van der Waals surface area contributed by atoms with Crippen molar-refractivity contribution < 1.29 is 9.32 Å². The minimum atomic E-state index is -0.0577. The van der Waals surface area contributed by atoms with E-state index in [1.165, 1.54) is 0 Å². The summed E-state index contributed by atoms with van der Waals surface area (Å²) in [6.07, 6.45) is 1.99. The molecule has 1 saturated heterocycles. The highest BCUT2D eigenvalue weighted by Gasteiger charge is 2.29. The second-order valence-corrected chi connectivity index (χ2v) is 7.45. The molecule has 0 unspecified atom stereocenters. The van der Waals surface area contributed by atoms with E-state index in [0.717, 1.165) is 47.6 Å². The molecular weight excluding hydrogens is 328 g/mol. The summed E-state index contributed by atoms with van der Waals surface area (Å²) < 4.78 is 5.29. The SMILES string of the molecule is Cc1cccc2[nH]c([C@H]3CCCN(C(=O)c4cc(C(C)C)on4)C3)nc12. The van der Waals surface area contributed by atoms with Crippen LogP contribution < -0.4 is 0 Å². The van der Waals surface area contributed by atoms with Gasteiger partial charge in [0.25, 0.3) is 5.91 Å². The molecule has 1 amide bonds. The van der Waals surface area contributed by atoms with Gasteiger partial charge in [-0.3, -0.25) is 4.79 Å². The van der Waals surface area contributed by atoms with Crippen LogP contribution in [0.1, 0.15) is 66.2 Å². The van der Waals surface area contributed by atoms with Gasteiger partial charge in [0, 0.05) is 31.0 Å². The lowest BCUT2D eigenvalue weighted by Gasteiger charge is -2.31. The van der Waals surface area contributed by atoms with Gasteiger partial charge in [-0.25, -0.2) is 4.98 Å². The van der Waals surface area contributed by atoms with Gasteiger partial charge in [-0.1, -0.05) is 31.1 Å². The lowest BCUT2D eigenvalue weighted by molar-refractivity contribution is 0.0694. The highest BCUT2D eigenvalue weighted by atomic mass is 16.5. The molecule has 1 aliphatic heterocycles. The van der Waals surface area contributed by atoms with Crippen LogP contribution in [0.2, 0.25) is 0 Å². The summed E-state index contributed by atoms with van der Waals surface area (Å²) in [4.78, 5) is 22.9. The molecule has 2 aromatic heterocycles. The van der Waals surface area contributed by atoms with Crippen molar-refractivity contribution in [1.82, 2.24) is 20.0 Å². The van der Waals surface area contributed by atoms with Crippen molar-refractivity contribution >= 4 is 16.9 Å². The van der Waals surface area contributed by atoms with E-state index in [2.05, 4.69) is 23.1 Å². The zero-order valence-electron chi connectivity index (χ0n) is 15.5. The number of aromatic amines is 1. The molecule has 1 aliphatic rings. The summed E-state index contributed by atoms with van der Waals surface area (Å²) in [5, 5.41) is 3.97. The molecule has 0 bridgehead atoms. The second-order valence-electron chi connectivity index (χ2n) is 7.45. The van der Waals surface area contributed by atoms with Crippen molar-refractivity contribution in [3.63, 3.8) is 0 Å². The van der Waals surface area contributed by atoms with E-state index in [0.29, 0.717) is 12.2 Å². The fourth-order valence-corrected chi connectivity index (χ4v) is 3.60. The number of para-hydroxylation sites is 1. The number of aryl methyl sites for hydroxylation is 1. The normalized spacial score (nSPS) is 18.0. The highest BCUT2D eigenvalue weighted by Crippen LogP contribution is 2.28. The monoisotopic (exact) mass is 352 g/mol. The zero-order valence-corrected chi connectivity index (χ0v) is 15.5. The number of nitrogens with zero attached hydrogens (tertiary/aromatic N) is 3. The zero-order chi connectivity index (χ0) is 18.3. The van der Waals surface area contributed by atoms with E-state index in [9.17, 15) is 4.79 Å². The molecule has 26 heavy (non-hydrogen) atoms. The summed E-state index contributed by atoms with van der Waals surface area (Å²) in [5.41, 5.74) is 3.64. The number of hydrogen-bond donors (Lipinski definition) is 1. The quantitative estimate of drug-likeness (QED) is 0.773. The Morgan fingerprint density at radius 2 is 2.23 bits per heavy atom. The largest absolute Gasteiger partial charge is 0.360 e. The Morgan fingerprint density at radius 1 is 1.38 bits per heavy atom. The van der Waals surface area contributed by atoms with Gasteiger partial charge in [-0.15, -0.1) is 0 Å². The number of piperidine rings is 1. The number of nitrogens with one attached hydrogen (secondary N) is 1. The number of imidazole rings is 1. The first-order chi connectivity index (χ1) is 12.5. The van der Waals surface area contributed by atoms with Crippen LogP contribution in [-0.2, 0) is 0 Å². The average molecular weight is 352 g/mol. The number of amides is 1. The third-order valence-corrected chi connectivity index (χ3v) is 5.14. The van der Waals surface area contributed by atoms with Crippen LogP contribution >= 0.6 is 0 Å². The topological polar surface area (TPSA) is 75.0 Å². The van der Waals surface area contributed by atoms with Gasteiger partial charge in [0.05, 0.1) is 11.0 Å². The maximum atomic E-state index is 12.8. The van der Waals surface area contributed by atoms with Crippen LogP contribution in [0.15, 0.2) is 28.8 Å². The van der Waals surface area contributed by atoms with Gasteiger partial charge in [0.2, 0.25) is 0 Å². The molecular formula is C20H24N4O2. The molecule has 0 aliphatic carbocycles. The number of aromatic nitrogens is 3. The number of carbonyl (C=O) groups excluding carboxylic acids is 1. The van der Waals surface area contributed by atoms with Crippen molar-refractivity contribution in [2.24, 2.45) is 0 Å². The molecule has 1 N–H and O–H groups in total. The van der Waals surface area contributed by atoms with Crippen LogP contribution in [0.3, 0.4) is 0 Å². The number of benzene rings is 1. The molecule has 3 aromatic rings. The molecule has 1 atom stereocenters. The Morgan fingerprint density at radius 3 is 2.96 bits per heavy atom. The number of carbonyl (C=O) groups is 1. The number of hydrogen-bond acceptors (Lipinski definition) is 4. The van der Waals surface area contributed by atoms with Crippen LogP contribution in [-0.4, -0.2) is 39.0 Å². The number of likely N-dealkylation sites (tertiary alicyclic amines) is 1. The standard InChI is InChI=1S/C20H24N4O2/c1-12(2)17-10-16(23-26-17)20(25)24-9-5-7-14(11-24)19-21-15-8-4-6-13(3)18(15)22-19/h4,6,8,10,12,14H,5,7,9,11H2,1-3H3,(H,21,22)/t14-/m0/s1. The molecule has 1 fully saturated rings. The van der Waals surface area contributed by atoms with Gasteiger partial charge < -0.3 is 14.4 Å². The van der Waals surface area contributed by atoms with Crippen molar-refractivity contribution in [3.8, 4) is 0 Å². The number of rotatable bonds is 3. The Labute approximate surface area is 152 Å². The Bertz CT molecular complexity index is 940. The molecule has 0 radical (unpaired) electrons. The first-order valence-electron chi connectivity index (χ1n) is 9.24. The van der Waals surface area contributed by atoms with E-state index in [1.807, 2.05) is 30.9 Å². The van der Waals surface area contributed by atoms with Crippen molar-refractivity contribution in [1.29, 1.82) is 0 Å². The smallest absolute Gasteiger partial charge is 0.276 e. The van der Waals surface area contributed by atoms with Gasteiger partial charge in [-0.2, -0.15) is 0 Å². The third-order valence-electron chi connectivity index (χ3n) is 5.14. The maximum Gasteiger partial charge on any atom is 0.276 e. The van der Waals surface area contributed by atoms with E-state index in [4.69, 9.17) is 9.51 Å². The molecule has 4 rings (SSSR count). The van der Waals surface area contributed by atoms with E-state index < -0.39 is 0 Å². The lowest BCUT2D eigenvalue weighted by atomic mass is 9.97. The van der Waals surface area contributed by atoms with Crippen LogP contribution in [0.5, 0.6) is 0 Å². The maximum absolute atomic E-state index is 12.8. The summed E-state index contributed by atoms with van der Waals surface area (Å²) in [7, 11) is 0. The Hall–Kier alpha value is -2.63. The molecule has 3 heterocycles. The molecule has 0 spiro atoms.